The third kappa shape index (κ3) is 2.91. The van der Waals surface area contributed by atoms with E-state index in [1.807, 2.05) is 0 Å². The van der Waals surface area contributed by atoms with Crippen LogP contribution in [0, 0.1) is 0 Å². The molecule has 0 spiro atoms. The van der Waals surface area contributed by atoms with Crippen LogP contribution in [0.3, 0.4) is 0 Å². The van der Waals surface area contributed by atoms with Crippen molar-refractivity contribution in [2.45, 2.75) is 25.8 Å². The van der Waals surface area contributed by atoms with Gasteiger partial charge in [0, 0.05) is 24.3 Å². The fraction of sp³-hybridized carbons (Fsp3) is 0.375. The van der Waals surface area contributed by atoms with Gasteiger partial charge in [-0.2, -0.15) is 5.10 Å². The van der Waals surface area contributed by atoms with Crippen molar-refractivity contribution in [3.8, 4) is 5.75 Å². The average Bonchev–Trinajstić information content (AvgIpc) is 2.90. The number of alkyl halides is 2. The molecule has 7 heteroatoms. The summed E-state index contributed by atoms with van der Waals surface area (Å²) in [5, 5.41) is 6.93. The van der Waals surface area contributed by atoms with Crippen molar-refractivity contribution < 1.29 is 18.3 Å². The Morgan fingerprint density at radius 1 is 1.43 bits per heavy atom. The second-order valence-electron chi connectivity index (χ2n) is 5.43. The molecular formula is C16H17F2N3O2. The summed E-state index contributed by atoms with van der Waals surface area (Å²) in [6.07, 6.45) is 0.612. The van der Waals surface area contributed by atoms with Gasteiger partial charge in [0.2, 0.25) is 0 Å². The average molecular weight is 321 g/mol. The van der Waals surface area contributed by atoms with Crippen LogP contribution in [0.1, 0.15) is 40.0 Å². The number of aromatic nitrogens is 2. The summed E-state index contributed by atoms with van der Waals surface area (Å²) in [7, 11) is 1.30. The number of aromatic amines is 1. The molecule has 0 bridgehead atoms. The quantitative estimate of drug-likeness (QED) is 0.945. The zero-order valence-electron chi connectivity index (χ0n) is 12.7. The molecule has 1 aliphatic heterocycles. The predicted molar refractivity (Wildman–Crippen MR) is 79.6 cm³/mol. The molecule has 1 aromatic heterocycles. The van der Waals surface area contributed by atoms with Crippen molar-refractivity contribution >= 4 is 5.91 Å². The van der Waals surface area contributed by atoms with Crippen molar-refractivity contribution in [1.29, 1.82) is 0 Å². The van der Waals surface area contributed by atoms with E-state index in [0.29, 0.717) is 13.1 Å². The van der Waals surface area contributed by atoms with Crippen LogP contribution in [0.5, 0.6) is 5.75 Å². The van der Waals surface area contributed by atoms with Gasteiger partial charge in [-0.15, -0.1) is 0 Å². The van der Waals surface area contributed by atoms with Crippen LogP contribution < -0.4 is 4.74 Å². The Bertz CT molecular complexity index is 715. The SMILES string of the molecule is COc1c(C(=O)N2CCCc3[nH]ncc3C2)cccc1C(F)F. The summed E-state index contributed by atoms with van der Waals surface area (Å²) in [6, 6.07) is 4.25. The number of carbonyl (C=O) groups is 1. The van der Waals surface area contributed by atoms with Crippen LogP contribution in [-0.2, 0) is 13.0 Å². The van der Waals surface area contributed by atoms with Crippen LogP contribution in [0.25, 0.3) is 0 Å². The van der Waals surface area contributed by atoms with Gasteiger partial charge in [-0.1, -0.05) is 6.07 Å². The first-order chi connectivity index (χ1) is 11.1. The van der Waals surface area contributed by atoms with E-state index < -0.39 is 6.43 Å². The molecule has 1 aromatic carbocycles. The number of methoxy groups -OCH3 is 1. The van der Waals surface area contributed by atoms with E-state index in [0.717, 1.165) is 24.1 Å². The number of H-pyrrole nitrogens is 1. The highest BCUT2D eigenvalue weighted by molar-refractivity contribution is 5.97. The van der Waals surface area contributed by atoms with Crippen molar-refractivity contribution in [3.05, 3.63) is 46.8 Å². The van der Waals surface area contributed by atoms with Gasteiger partial charge in [-0.3, -0.25) is 9.89 Å². The molecule has 0 aliphatic carbocycles. The molecule has 1 amide bonds. The fourth-order valence-electron chi connectivity index (χ4n) is 2.89. The minimum Gasteiger partial charge on any atom is -0.495 e. The standard InChI is InChI=1S/C16H17F2N3O2/c1-23-14-11(15(17)18)4-2-5-12(14)16(22)21-7-3-6-13-10(9-21)8-19-20-13/h2,4-5,8,15H,3,6-7,9H2,1H3,(H,19,20). The number of nitrogens with one attached hydrogen (secondary N) is 1. The maximum absolute atomic E-state index is 13.1. The van der Waals surface area contributed by atoms with Gasteiger partial charge >= 0.3 is 0 Å². The number of benzene rings is 1. The Kier molecular flexibility index (Phi) is 4.27. The van der Waals surface area contributed by atoms with Crippen molar-refractivity contribution in [1.82, 2.24) is 15.1 Å². The van der Waals surface area contributed by atoms with E-state index in [1.165, 1.54) is 25.3 Å². The lowest BCUT2D eigenvalue weighted by molar-refractivity contribution is 0.0741. The maximum Gasteiger partial charge on any atom is 0.267 e. The molecule has 2 aromatic rings. The van der Waals surface area contributed by atoms with Crippen LogP contribution >= 0.6 is 0 Å². The molecule has 2 heterocycles. The monoisotopic (exact) mass is 321 g/mol. The van der Waals surface area contributed by atoms with E-state index in [1.54, 1.807) is 11.1 Å². The molecule has 23 heavy (non-hydrogen) atoms. The molecular weight excluding hydrogens is 304 g/mol. The molecule has 0 radical (unpaired) electrons. The number of fused-ring (bicyclic) bond motifs is 1. The first kappa shape index (κ1) is 15.5. The van der Waals surface area contributed by atoms with Crippen molar-refractivity contribution in [2.24, 2.45) is 0 Å². The summed E-state index contributed by atoms with van der Waals surface area (Å²) in [5.74, 6) is -0.359. The number of rotatable bonds is 3. The van der Waals surface area contributed by atoms with Crippen molar-refractivity contribution in [2.75, 3.05) is 13.7 Å². The Morgan fingerprint density at radius 3 is 3.00 bits per heavy atom. The fourth-order valence-corrected chi connectivity index (χ4v) is 2.89. The van der Waals surface area contributed by atoms with Crippen LogP contribution in [0.15, 0.2) is 24.4 Å². The summed E-state index contributed by atoms with van der Waals surface area (Å²) >= 11 is 0. The lowest BCUT2D eigenvalue weighted by atomic mass is 10.1. The zero-order chi connectivity index (χ0) is 16.4. The first-order valence-corrected chi connectivity index (χ1v) is 7.37. The largest absolute Gasteiger partial charge is 0.495 e. The minimum absolute atomic E-state index is 0.0517. The lowest BCUT2D eigenvalue weighted by Crippen LogP contribution is -2.31. The van der Waals surface area contributed by atoms with Crippen LogP contribution in [0.2, 0.25) is 0 Å². The molecule has 1 aliphatic rings. The van der Waals surface area contributed by atoms with Gasteiger partial charge in [0.15, 0.2) is 0 Å². The third-order valence-electron chi connectivity index (χ3n) is 4.03. The second-order valence-corrected chi connectivity index (χ2v) is 5.43. The third-order valence-corrected chi connectivity index (χ3v) is 4.03. The Balaban J connectivity index is 1.93. The minimum atomic E-state index is -2.69. The second kappa shape index (κ2) is 6.36. The normalized spacial score (nSPS) is 14.5. The zero-order valence-corrected chi connectivity index (χ0v) is 12.7. The molecule has 3 rings (SSSR count). The number of amides is 1. The molecule has 0 saturated carbocycles. The number of ether oxygens (including phenoxy) is 1. The molecule has 122 valence electrons. The number of hydrogen-bond donors (Lipinski definition) is 1. The smallest absolute Gasteiger partial charge is 0.267 e. The number of hydrogen-bond acceptors (Lipinski definition) is 3. The van der Waals surface area contributed by atoms with Gasteiger partial charge in [0.05, 0.1) is 24.4 Å². The van der Waals surface area contributed by atoms with Gasteiger partial charge in [0.25, 0.3) is 12.3 Å². The number of nitrogens with zero attached hydrogens (tertiary/aromatic N) is 2. The molecule has 0 atom stereocenters. The number of carbonyl (C=O) groups excluding carboxylic acids is 1. The van der Waals surface area contributed by atoms with Crippen LogP contribution in [-0.4, -0.2) is 34.7 Å². The highest BCUT2D eigenvalue weighted by atomic mass is 19.3. The lowest BCUT2D eigenvalue weighted by Gasteiger charge is -2.22. The van der Waals surface area contributed by atoms with Gasteiger partial charge in [-0.05, 0) is 25.0 Å². The summed E-state index contributed by atoms with van der Waals surface area (Å²) in [4.78, 5) is 14.5. The van der Waals surface area contributed by atoms with E-state index in [2.05, 4.69) is 10.2 Å². The topological polar surface area (TPSA) is 58.2 Å². The van der Waals surface area contributed by atoms with E-state index in [9.17, 15) is 13.6 Å². The molecule has 1 N–H and O–H groups in total. The Labute approximate surface area is 132 Å². The van der Waals surface area contributed by atoms with E-state index in [-0.39, 0.29) is 22.8 Å². The number of aryl methyl sites for hydroxylation is 1. The first-order valence-electron chi connectivity index (χ1n) is 7.37. The van der Waals surface area contributed by atoms with E-state index in [4.69, 9.17) is 4.74 Å². The molecule has 0 fully saturated rings. The molecule has 0 saturated heterocycles. The van der Waals surface area contributed by atoms with Crippen molar-refractivity contribution in [3.63, 3.8) is 0 Å². The number of para-hydroxylation sites is 1. The highest BCUT2D eigenvalue weighted by Crippen LogP contribution is 2.33. The highest BCUT2D eigenvalue weighted by Gasteiger charge is 2.26. The predicted octanol–water partition coefficient (Wildman–Crippen LogP) is 2.94. The van der Waals surface area contributed by atoms with Gasteiger partial charge < -0.3 is 9.64 Å². The van der Waals surface area contributed by atoms with Gasteiger partial charge in [0.1, 0.15) is 5.75 Å². The maximum atomic E-state index is 13.1. The van der Waals surface area contributed by atoms with E-state index >= 15 is 0 Å². The summed E-state index contributed by atoms with van der Waals surface area (Å²) in [5.41, 5.74) is 1.88. The molecule has 5 nitrogen and oxygen atoms in total. The summed E-state index contributed by atoms with van der Waals surface area (Å²) < 4.78 is 31.3. The Hall–Kier alpha value is -2.44. The Morgan fingerprint density at radius 2 is 2.26 bits per heavy atom. The number of halogens is 2. The van der Waals surface area contributed by atoms with Crippen LogP contribution in [0.4, 0.5) is 8.78 Å². The summed E-state index contributed by atoms with van der Waals surface area (Å²) in [6.45, 7) is 0.968. The molecule has 0 unspecified atom stereocenters. The van der Waals surface area contributed by atoms with Gasteiger partial charge in [-0.25, -0.2) is 8.78 Å².